The lowest BCUT2D eigenvalue weighted by molar-refractivity contribution is -0.274. The molecule has 0 spiro atoms. The van der Waals surface area contributed by atoms with Crippen molar-refractivity contribution in [2.45, 2.75) is 45.3 Å². The van der Waals surface area contributed by atoms with E-state index in [9.17, 15) is 32.3 Å². The van der Waals surface area contributed by atoms with Crippen molar-refractivity contribution >= 4 is 69.9 Å². The number of nitrogens with one attached hydrogen (secondary N) is 2. The van der Waals surface area contributed by atoms with E-state index in [4.69, 9.17) is 49.0 Å². The van der Waals surface area contributed by atoms with Crippen LogP contribution in [0.5, 0.6) is 17.2 Å². The van der Waals surface area contributed by atoms with E-state index in [2.05, 4.69) is 15.4 Å². The van der Waals surface area contributed by atoms with Crippen LogP contribution in [-0.2, 0) is 27.5 Å². The van der Waals surface area contributed by atoms with Gasteiger partial charge in [-0.3, -0.25) is 9.59 Å². The van der Waals surface area contributed by atoms with Crippen molar-refractivity contribution in [1.82, 2.24) is 0 Å². The predicted octanol–water partition coefficient (Wildman–Crippen LogP) is 9.40. The predicted molar refractivity (Wildman–Crippen MR) is 189 cm³/mol. The number of alkyl halides is 3. The number of benzene rings is 4. The van der Waals surface area contributed by atoms with Gasteiger partial charge in [-0.15, -0.1) is 13.2 Å². The first-order valence-electron chi connectivity index (χ1n) is 16.1. The summed E-state index contributed by atoms with van der Waals surface area (Å²) in [6, 6.07) is 16.7. The van der Waals surface area contributed by atoms with E-state index in [-0.39, 0.29) is 75.2 Å². The zero-order valence-electron chi connectivity index (χ0n) is 27.4. The number of esters is 2. The molecule has 0 radical (unpaired) electrons. The van der Waals surface area contributed by atoms with Gasteiger partial charge in [-0.25, -0.2) is 9.59 Å². The maximum Gasteiger partial charge on any atom is 0.573 e. The van der Waals surface area contributed by atoms with Crippen molar-refractivity contribution in [3.8, 4) is 17.2 Å². The lowest BCUT2D eigenvalue weighted by atomic mass is 10.1. The molecule has 2 saturated carbocycles. The van der Waals surface area contributed by atoms with Crippen LogP contribution in [0.1, 0.15) is 57.5 Å². The van der Waals surface area contributed by atoms with Gasteiger partial charge >= 0.3 is 18.3 Å². The highest BCUT2D eigenvalue weighted by molar-refractivity contribution is 6.35. The molecule has 0 bridgehead atoms. The highest BCUT2D eigenvalue weighted by atomic mass is 35.5. The first-order chi connectivity index (χ1) is 25.2. The van der Waals surface area contributed by atoms with Gasteiger partial charge in [0.05, 0.1) is 32.5 Å². The highest BCUT2D eigenvalue weighted by Crippen LogP contribution is 2.35. The van der Waals surface area contributed by atoms with Gasteiger partial charge in [0.1, 0.15) is 30.5 Å². The average Bonchev–Trinajstić information content (AvgIpc) is 4.01. The van der Waals surface area contributed by atoms with E-state index in [1.165, 1.54) is 42.5 Å². The zero-order chi connectivity index (χ0) is 37.9. The fraction of sp³-hybridized carbons (Fsp3) is 0.243. The molecule has 4 aromatic carbocycles. The molecular formula is C37H28Cl3F3N2O8. The molecule has 2 N–H and O–H groups in total. The largest absolute Gasteiger partial charge is 0.573 e. The molecule has 4 aromatic rings. The number of anilines is 2. The van der Waals surface area contributed by atoms with Gasteiger partial charge < -0.3 is 29.6 Å². The van der Waals surface area contributed by atoms with Gasteiger partial charge in [-0.05, 0) is 91.4 Å². The molecule has 2 fully saturated rings. The Bertz CT molecular complexity index is 2090. The second-order valence-corrected chi connectivity index (χ2v) is 13.5. The molecule has 0 aliphatic heterocycles. The van der Waals surface area contributed by atoms with E-state index in [0.29, 0.717) is 47.6 Å². The van der Waals surface area contributed by atoms with Crippen LogP contribution in [0.2, 0.25) is 15.1 Å². The summed E-state index contributed by atoms with van der Waals surface area (Å²) in [5.74, 6) is -3.43. The maximum absolute atomic E-state index is 13.7. The normalized spacial score (nSPS) is 13.8. The number of carbonyl (C=O) groups excluding carboxylic acids is 4. The quantitative estimate of drug-likeness (QED) is 0.101. The number of rotatable bonds is 13. The number of ether oxygens (including phenoxy) is 4. The van der Waals surface area contributed by atoms with Gasteiger partial charge in [0.15, 0.2) is 0 Å². The Labute approximate surface area is 315 Å². The molecule has 0 saturated heterocycles. The summed E-state index contributed by atoms with van der Waals surface area (Å²) in [4.78, 5) is 52.7. The number of amides is 2. The topological polar surface area (TPSA) is 129 Å². The Morgan fingerprint density at radius 1 is 0.642 bits per heavy atom. The molecule has 2 aliphatic carbocycles. The SMILES string of the molecule is O=C(OC(=O)c1cc(COc2ccc(OC(F)(F)F)cc2Cl)ccc1NC(=O)C1CC1)c1cc(COc2ccc(Cl)cc2Cl)ccc1NC(=O)C1CC1. The third kappa shape index (κ3) is 10.3. The number of hydrogen-bond acceptors (Lipinski definition) is 8. The second-order valence-electron chi connectivity index (χ2n) is 12.3. The zero-order valence-corrected chi connectivity index (χ0v) is 29.6. The van der Waals surface area contributed by atoms with Crippen molar-refractivity contribution in [3.63, 3.8) is 0 Å². The first-order valence-corrected chi connectivity index (χ1v) is 17.3. The molecule has 276 valence electrons. The molecule has 0 aromatic heterocycles. The fourth-order valence-electron chi connectivity index (χ4n) is 4.98. The molecule has 2 aliphatic rings. The smallest absolute Gasteiger partial charge is 0.487 e. The molecule has 53 heavy (non-hydrogen) atoms. The van der Waals surface area contributed by atoms with Crippen LogP contribution in [0.3, 0.4) is 0 Å². The van der Waals surface area contributed by atoms with Gasteiger partial charge in [0.2, 0.25) is 11.8 Å². The Morgan fingerprint density at radius 3 is 1.55 bits per heavy atom. The van der Waals surface area contributed by atoms with E-state index in [0.717, 1.165) is 12.1 Å². The fourth-order valence-corrected chi connectivity index (χ4v) is 5.67. The van der Waals surface area contributed by atoms with Crippen molar-refractivity contribution < 1.29 is 51.3 Å². The lowest BCUT2D eigenvalue weighted by Crippen LogP contribution is -2.21. The van der Waals surface area contributed by atoms with E-state index < -0.39 is 24.1 Å². The number of halogens is 6. The number of carbonyl (C=O) groups is 4. The summed E-state index contributed by atoms with van der Waals surface area (Å²) >= 11 is 18.3. The van der Waals surface area contributed by atoms with Gasteiger partial charge in [-0.2, -0.15) is 0 Å². The summed E-state index contributed by atoms with van der Waals surface area (Å²) in [5, 5.41) is 5.94. The van der Waals surface area contributed by atoms with Crippen LogP contribution < -0.4 is 24.8 Å². The lowest BCUT2D eigenvalue weighted by Gasteiger charge is -2.15. The third-order valence-corrected chi connectivity index (χ3v) is 8.85. The van der Waals surface area contributed by atoms with Gasteiger partial charge in [0.25, 0.3) is 0 Å². The van der Waals surface area contributed by atoms with Gasteiger partial charge in [-0.1, -0.05) is 46.9 Å². The first kappa shape index (κ1) is 37.8. The molecular weight excluding hydrogens is 764 g/mol. The van der Waals surface area contributed by atoms with Crippen LogP contribution in [0, 0.1) is 11.8 Å². The summed E-state index contributed by atoms with van der Waals surface area (Å²) in [6.07, 6.45) is -2.13. The maximum atomic E-state index is 13.7. The molecule has 0 atom stereocenters. The van der Waals surface area contributed by atoms with Gasteiger partial charge in [0, 0.05) is 22.9 Å². The minimum Gasteiger partial charge on any atom is -0.487 e. The summed E-state index contributed by atoms with van der Waals surface area (Å²) in [5.41, 5.74) is 0.700. The summed E-state index contributed by atoms with van der Waals surface area (Å²) in [7, 11) is 0. The Kier molecular flexibility index (Phi) is 11.4. The van der Waals surface area contributed by atoms with E-state index >= 15 is 0 Å². The van der Waals surface area contributed by atoms with Crippen molar-refractivity contribution in [2.24, 2.45) is 11.8 Å². The van der Waals surface area contributed by atoms with Crippen LogP contribution >= 0.6 is 34.8 Å². The Morgan fingerprint density at radius 2 is 1.11 bits per heavy atom. The van der Waals surface area contributed by atoms with Crippen molar-refractivity contribution in [1.29, 1.82) is 0 Å². The van der Waals surface area contributed by atoms with Crippen molar-refractivity contribution in [2.75, 3.05) is 10.6 Å². The third-order valence-electron chi connectivity index (χ3n) is 8.02. The second kappa shape index (κ2) is 15.9. The summed E-state index contributed by atoms with van der Waals surface area (Å²) in [6.45, 7) is -0.269. The molecule has 0 heterocycles. The van der Waals surface area contributed by atoms with Crippen LogP contribution in [0.15, 0.2) is 72.8 Å². The average molecular weight is 792 g/mol. The van der Waals surface area contributed by atoms with E-state index in [1.807, 2.05) is 0 Å². The van der Waals surface area contributed by atoms with Crippen LogP contribution in [0.4, 0.5) is 24.5 Å². The minimum atomic E-state index is -4.91. The molecule has 16 heteroatoms. The Hall–Kier alpha value is -4.98. The minimum absolute atomic E-state index is 0.0228. The number of hydrogen-bond donors (Lipinski definition) is 2. The summed E-state index contributed by atoms with van der Waals surface area (Å²) < 4.78 is 58.5. The molecule has 2 amide bonds. The monoisotopic (exact) mass is 790 g/mol. The highest BCUT2D eigenvalue weighted by Gasteiger charge is 2.33. The van der Waals surface area contributed by atoms with Crippen LogP contribution in [0.25, 0.3) is 0 Å². The molecule has 0 unspecified atom stereocenters. The molecule has 10 nitrogen and oxygen atoms in total. The van der Waals surface area contributed by atoms with E-state index in [1.54, 1.807) is 18.2 Å². The standard InChI is InChI=1S/C37H28Cl3F3N2O8/c38-23-7-11-31(27(39)15-23)50-17-19-1-9-29(44-33(46)21-3-4-21)25(13-19)35(48)52-36(49)26-14-20(2-10-30(26)45-34(47)22-5-6-22)18-51-32-12-8-24(16-28(32)40)53-37(41,42)43/h1-2,7-16,21-22H,3-6,17-18H2,(H,44,46)(H,45,47). The molecule has 6 rings (SSSR count). The van der Waals surface area contributed by atoms with Crippen LogP contribution in [-0.4, -0.2) is 30.1 Å². The van der Waals surface area contributed by atoms with Crippen molar-refractivity contribution in [3.05, 3.63) is 110 Å². The Balaban J connectivity index is 1.22.